The Morgan fingerprint density at radius 2 is 1.84 bits per heavy atom. The van der Waals surface area contributed by atoms with Gasteiger partial charge in [0.25, 0.3) is 0 Å². The maximum atomic E-state index is 11.7. The molecule has 0 aliphatic rings. The lowest BCUT2D eigenvalue weighted by molar-refractivity contribution is -0.125. The number of amides is 1. The summed E-state index contributed by atoms with van der Waals surface area (Å²) in [5, 5.41) is 0. The van der Waals surface area contributed by atoms with Crippen molar-refractivity contribution in [1.82, 2.24) is 0 Å². The van der Waals surface area contributed by atoms with E-state index in [2.05, 4.69) is 6.92 Å². The summed E-state index contributed by atoms with van der Waals surface area (Å²) in [6.07, 6.45) is 1.27. The molecule has 1 rings (SSSR count). The number of hydrogen-bond acceptors (Lipinski definition) is 3. The molecule has 4 heteroatoms. The summed E-state index contributed by atoms with van der Waals surface area (Å²) >= 11 is 0. The van der Waals surface area contributed by atoms with E-state index in [-0.39, 0.29) is 5.60 Å². The highest BCUT2D eigenvalue weighted by molar-refractivity contribution is 5.85. The molecular weight excluding hydrogens is 240 g/mol. The highest BCUT2D eigenvalue weighted by atomic mass is 16.5. The number of nitrogens with two attached hydrogens (primary N) is 2. The number of rotatable bonds is 7. The number of carbonyl (C=O) groups excluding carboxylic acids is 1. The Hall–Kier alpha value is -1.39. The van der Waals surface area contributed by atoms with Crippen molar-refractivity contribution in [2.24, 2.45) is 11.5 Å². The second-order valence-corrected chi connectivity index (χ2v) is 5.41. The van der Waals surface area contributed by atoms with Gasteiger partial charge in [-0.05, 0) is 25.8 Å². The maximum Gasteiger partial charge on any atom is 0.242 e. The minimum absolute atomic E-state index is 0.213. The third-order valence-electron chi connectivity index (χ3n) is 3.57. The van der Waals surface area contributed by atoms with Gasteiger partial charge in [0.05, 0.1) is 5.60 Å². The first-order valence-corrected chi connectivity index (χ1v) is 6.60. The van der Waals surface area contributed by atoms with Crippen LogP contribution in [0.3, 0.4) is 0 Å². The maximum absolute atomic E-state index is 11.7. The molecule has 4 N–H and O–H groups in total. The van der Waals surface area contributed by atoms with Crippen LogP contribution in [0.25, 0.3) is 0 Å². The van der Waals surface area contributed by atoms with Crippen LogP contribution in [0.15, 0.2) is 30.3 Å². The summed E-state index contributed by atoms with van der Waals surface area (Å²) < 4.78 is 5.76. The molecule has 0 saturated heterocycles. The van der Waals surface area contributed by atoms with Crippen LogP contribution in [-0.2, 0) is 15.1 Å². The zero-order chi connectivity index (χ0) is 14.5. The number of ether oxygens (including phenoxy) is 1. The molecule has 1 unspecified atom stereocenters. The van der Waals surface area contributed by atoms with Crippen molar-refractivity contribution in [3.05, 3.63) is 35.9 Å². The topological polar surface area (TPSA) is 78.3 Å². The van der Waals surface area contributed by atoms with E-state index in [4.69, 9.17) is 16.2 Å². The van der Waals surface area contributed by atoms with E-state index in [0.717, 1.165) is 12.0 Å². The average molecular weight is 264 g/mol. The molecule has 106 valence electrons. The van der Waals surface area contributed by atoms with Crippen LogP contribution in [0.2, 0.25) is 0 Å². The summed E-state index contributed by atoms with van der Waals surface area (Å²) in [6.45, 7) is 6.48. The fourth-order valence-corrected chi connectivity index (χ4v) is 1.74. The Morgan fingerprint density at radius 3 is 2.32 bits per heavy atom. The number of benzene rings is 1. The Labute approximate surface area is 115 Å². The van der Waals surface area contributed by atoms with Crippen LogP contribution in [0.5, 0.6) is 0 Å². The molecule has 0 bridgehead atoms. The Balaban J connectivity index is 2.77. The molecule has 0 aliphatic heterocycles. The minimum Gasteiger partial charge on any atom is -0.375 e. The fraction of sp³-hybridized carbons (Fsp3) is 0.533. The second-order valence-electron chi connectivity index (χ2n) is 5.41. The predicted molar refractivity (Wildman–Crippen MR) is 76.4 cm³/mol. The van der Waals surface area contributed by atoms with Crippen molar-refractivity contribution >= 4 is 5.91 Å². The Kier molecular flexibility index (Phi) is 5.09. The van der Waals surface area contributed by atoms with Gasteiger partial charge in [-0.15, -0.1) is 0 Å². The molecule has 0 spiro atoms. The monoisotopic (exact) mass is 264 g/mol. The van der Waals surface area contributed by atoms with E-state index in [1.807, 2.05) is 44.2 Å². The van der Waals surface area contributed by atoms with Crippen LogP contribution in [-0.4, -0.2) is 18.1 Å². The number of primary amides is 1. The molecular formula is C15H24N2O2. The third-order valence-corrected chi connectivity index (χ3v) is 3.57. The first kappa shape index (κ1) is 15.7. The molecule has 4 nitrogen and oxygen atoms in total. The van der Waals surface area contributed by atoms with Gasteiger partial charge in [0.2, 0.25) is 5.91 Å². The van der Waals surface area contributed by atoms with Gasteiger partial charge in [-0.2, -0.15) is 0 Å². The van der Waals surface area contributed by atoms with Gasteiger partial charge in [0.1, 0.15) is 5.54 Å². The molecule has 1 amide bonds. The largest absolute Gasteiger partial charge is 0.375 e. The molecule has 1 atom stereocenters. The summed E-state index contributed by atoms with van der Waals surface area (Å²) in [7, 11) is 0. The lowest BCUT2D eigenvalue weighted by Gasteiger charge is -2.29. The molecule has 0 aromatic heterocycles. The van der Waals surface area contributed by atoms with E-state index in [0.29, 0.717) is 13.0 Å². The minimum atomic E-state index is -1.18. The summed E-state index contributed by atoms with van der Waals surface area (Å²) in [5.41, 5.74) is 11.0. The van der Waals surface area contributed by atoms with E-state index in [1.54, 1.807) is 0 Å². The van der Waals surface area contributed by atoms with Crippen molar-refractivity contribution in [1.29, 1.82) is 0 Å². The first-order valence-electron chi connectivity index (χ1n) is 6.60. The van der Waals surface area contributed by atoms with Crippen LogP contribution < -0.4 is 11.5 Å². The van der Waals surface area contributed by atoms with Gasteiger partial charge in [0.15, 0.2) is 0 Å². The highest BCUT2D eigenvalue weighted by Crippen LogP contribution is 2.23. The van der Waals surface area contributed by atoms with Gasteiger partial charge in [-0.25, -0.2) is 0 Å². The molecule has 0 saturated carbocycles. The van der Waals surface area contributed by atoms with Gasteiger partial charge < -0.3 is 16.2 Å². The van der Waals surface area contributed by atoms with Crippen molar-refractivity contribution in [3.63, 3.8) is 0 Å². The van der Waals surface area contributed by atoms with Gasteiger partial charge in [0, 0.05) is 13.0 Å². The zero-order valence-electron chi connectivity index (χ0n) is 12.0. The van der Waals surface area contributed by atoms with E-state index < -0.39 is 11.4 Å². The average Bonchev–Trinajstić information content (AvgIpc) is 2.39. The summed E-state index contributed by atoms with van der Waals surface area (Å²) in [4.78, 5) is 11.7. The molecule has 0 fully saturated rings. The van der Waals surface area contributed by atoms with E-state index >= 15 is 0 Å². The van der Waals surface area contributed by atoms with E-state index in [9.17, 15) is 4.79 Å². The predicted octanol–water partition coefficient (Wildman–Crippen LogP) is 1.92. The summed E-state index contributed by atoms with van der Waals surface area (Å²) in [5.74, 6) is -0.531. The number of hydrogen-bond donors (Lipinski definition) is 2. The van der Waals surface area contributed by atoms with Crippen LogP contribution in [0, 0.1) is 0 Å². The van der Waals surface area contributed by atoms with Crippen molar-refractivity contribution in [3.8, 4) is 0 Å². The quantitative estimate of drug-likeness (QED) is 0.789. The zero-order valence-corrected chi connectivity index (χ0v) is 12.0. The van der Waals surface area contributed by atoms with Gasteiger partial charge in [-0.3, -0.25) is 4.79 Å². The molecule has 0 aliphatic carbocycles. The lowest BCUT2D eigenvalue weighted by Crippen LogP contribution is -2.50. The summed E-state index contributed by atoms with van der Waals surface area (Å²) in [6, 6.07) is 9.19. The molecule has 0 heterocycles. The third kappa shape index (κ3) is 4.04. The van der Waals surface area contributed by atoms with Crippen LogP contribution >= 0.6 is 0 Å². The molecule has 1 aromatic carbocycles. The SMILES string of the molecule is CCC(C)(C)OCCC(N)(C(N)=O)c1ccccc1. The standard InChI is InChI=1S/C15H24N2O2/c1-4-14(2,3)19-11-10-15(17,13(16)18)12-8-6-5-7-9-12/h5-9H,4,10-11,17H2,1-3H3,(H2,16,18). The molecule has 0 radical (unpaired) electrons. The van der Waals surface area contributed by atoms with Crippen LogP contribution in [0.4, 0.5) is 0 Å². The van der Waals surface area contributed by atoms with Crippen LogP contribution in [0.1, 0.15) is 39.2 Å². The molecule has 19 heavy (non-hydrogen) atoms. The van der Waals surface area contributed by atoms with Crippen molar-refractivity contribution in [2.75, 3.05) is 6.61 Å². The van der Waals surface area contributed by atoms with Crippen molar-refractivity contribution in [2.45, 2.75) is 44.8 Å². The highest BCUT2D eigenvalue weighted by Gasteiger charge is 2.34. The fourth-order valence-electron chi connectivity index (χ4n) is 1.74. The Bertz CT molecular complexity index is 417. The first-order chi connectivity index (χ1) is 8.82. The number of carbonyl (C=O) groups is 1. The van der Waals surface area contributed by atoms with E-state index in [1.165, 1.54) is 0 Å². The second kappa shape index (κ2) is 6.17. The lowest BCUT2D eigenvalue weighted by atomic mass is 9.87. The van der Waals surface area contributed by atoms with Gasteiger partial charge in [-0.1, -0.05) is 37.3 Å². The normalized spacial score (nSPS) is 14.9. The van der Waals surface area contributed by atoms with Gasteiger partial charge >= 0.3 is 0 Å². The smallest absolute Gasteiger partial charge is 0.242 e. The Morgan fingerprint density at radius 1 is 1.26 bits per heavy atom. The van der Waals surface area contributed by atoms with Crippen molar-refractivity contribution < 1.29 is 9.53 Å². The molecule has 1 aromatic rings.